The Morgan fingerprint density at radius 3 is 2.76 bits per heavy atom. The molecule has 130 valence electrons. The van der Waals surface area contributed by atoms with Crippen molar-refractivity contribution in [3.05, 3.63) is 46.7 Å². The van der Waals surface area contributed by atoms with E-state index in [1.165, 1.54) is 36.0 Å². The van der Waals surface area contributed by atoms with Crippen molar-refractivity contribution in [2.75, 3.05) is 11.8 Å². The van der Waals surface area contributed by atoms with Crippen LogP contribution in [0.2, 0.25) is 5.02 Å². The fourth-order valence-electron chi connectivity index (χ4n) is 2.09. The highest BCUT2D eigenvalue weighted by molar-refractivity contribution is 7.92. The molecule has 9 nitrogen and oxygen atoms in total. The highest BCUT2D eigenvalue weighted by Gasteiger charge is 2.25. The Balaban J connectivity index is 2.07. The predicted molar refractivity (Wildman–Crippen MR) is 89.1 cm³/mol. The second-order valence-electron chi connectivity index (χ2n) is 4.95. The molecule has 0 fully saturated rings. The summed E-state index contributed by atoms with van der Waals surface area (Å²) in [6.07, 6.45) is 1.49. The van der Waals surface area contributed by atoms with E-state index >= 15 is 0 Å². The molecule has 1 aromatic carbocycles. The lowest BCUT2D eigenvalue weighted by Gasteiger charge is -2.11. The van der Waals surface area contributed by atoms with Gasteiger partial charge in [-0.25, -0.2) is 14.3 Å². The van der Waals surface area contributed by atoms with Gasteiger partial charge in [0.1, 0.15) is 0 Å². The second-order valence-corrected chi connectivity index (χ2v) is 6.94. The highest BCUT2D eigenvalue weighted by atomic mass is 35.5. The highest BCUT2D eigenvalue weighted by Crippen LogP contribution is 2.28. The van der Waals surface area contributed by atoms with Crippen molar-refractivity contribution in [1.29, 1.82) is 0 Å². The molecule has 0 saturated carbocycles. The lowest BCUT2D eigenvalue weighted by atomic mass is 10.2. The second kappa shape index (κ2) is 6.30. The van der Waals surface area contributed by atoms with Gasteiger partial charge in [-0.2, -0.15) is 13.4 Å². The Kier molecular flexibility index (Phi) is 4.31. The normalized spacial score (nSPS) is 11.5. The summed E-state index contributed by atoms with van der Waals surface area (Å²) in [5.74, 6) is -0.603. The number of halogens is 1. The van der Waals surface area contributed by atoms with Crippen LogP contribution in [-0.4, -0.2) is 41.1 Å². The average molecular weight is 382 g/mol. The fraction of sp³-hybridized carbons (Fsp3) is 0.143. The minimum atomic E-state index is -4.20. The Morgan fingerprint density at radius 1 is 1.32 bits per heavy atom. The van der Waals surface area contributed by atoms with Gasteiger partial charge >= 0.3 is 5.97 Å². The van der Waals surface area contributed by atoms with Crippen molar-refractivity contribution in [2.45, 2.75) is 12.1 Å². The number of fused-ring (bicyclic) bond motifs is 1. The van der Waals surface area contributed by atoms with E-state index in [1.807, 2.05) is 0 Å². The van der Waals surface area contributed by atoms with Crippen molar-refractivity contribution in [3.63, 3.8) is 0 Å². The zero-order valence-electron chi connectivity index (χ0n) is 13.1. The third-order valence-corrected chi connectivity index (χ3v) is 4.75. The largest absolute Gasteiger partial charge is 0.465 e. The van der Waals surface area contributed by atoms with E-state index < -0.39 is 21.1 Å². The molecule has 0 saturated heterocycles. The Bertz CT molecular complexity index is 1080. The number of esters is 1. The van der Waals surface area contributed by atoms with Gasteiger partial charge in [-0.3, -0.25) is 4.72 Å². The number of para-hydroxylation sites is 1. The molecule has 0 aliphatic rings. The van der Waals surface area contributed by atoms with Crippen LogP contribution in [0.5, 0.6) is 0 Å². The summed E-state index contributed by atoms with van der Waals surface area (Å²) in [5, 5.41) is 3.47. The number of aromatic nitrogens is 4. The predicted octanol–water partition coefficient (Wildman–Crippen LogP) is 1.67. The van der Waals surface area contributed by atoms with E-state index in [0.29, 0.717) is 5.69 Å². The van der Waals surface area contributed by atoms with E-state index in [-0.39, 0.29) is 22.1 Å². The summed E-state index contributed by atoms with van der Waals surface area (Å²) in [6.45, 7) is 1.73. The van der Waals surface area contributed by atoms with Crippen LogP contribution in [0.25, 0.3) is 5.78 Å². The summed E-state index contributed by atoms with van der Waals surface area (Å²) in [7, 11) is -3.02. The number of rotatable bonds is 4. The first-order valence-electron chi connectivity index (χ1n) is 6.91. The van der Waals surface area contributed by atoms with Crippen LogP contribution in [0.15, 0.2) is 35.6 Å². The van der Waals surface area contributed by atoms with Crippen molar-refractivity contribution in [1.82, 2.24) is 19.6 Å². The van der Waals surface area contributed by atoms with Crippen molar-refractivity contribution >= 4 is 39.1 Å². The van der Waals surface area contributed by atoms with Crippen LogP contribution in [0.3, 0.4) is 0 Å². The van der Waals surface area contributed by atoms with E-state index in [4.69, 9.17) is 11.6 Å². The van der Waals surface area contributed by atoms with Crippen LogP contribution in [0, 0.1) is 6.92 Å². The average Bonchev–Trinajstić information content (AvgIpc) is 3.02. The molecular weight excluding hydrogens is 370 g/mol. The fourth-order valence-corrected chi connectivity index (χ4v) is 3.34. The summed E-state index contributed by atoms with van der Waals surface area (Å²) in [4.78, 5) is 19.7. The first kappa shape index (κ1) is 17.1. The van der Waals surface area contributed by atoms with Gasteiger partial charge in [-0.05, 0) is 25.1 Å². The Labute approximate surface area is 147 Å². The number of methoxy groups -OCH3 is 1. The Morgan fingerprint density at radius 2 is 2.08 bits per heavy atom. The molecule has 0 amide bonds. The lowest BCUT2D eigenvalue weighted by Crippen LogP contribution is -2.18. The minimum absolute atomic E-state index is 0.0309. The van der Waals surface area contributed by atoms with E-state index in [9.17, 15) is 13.2 Å². The molecule has 3 rings (SSSR count). The summed E-state index contributed by atoms with van der Waals surface area (Å²) >= 11 is 6.03. The molecule has 1 N–H and O–H groups in total. The quantitative estimate of drug-likeness (QED) is 0.683. The van der Waals surface area contributed by atoms with Gasteiger partial charge in [-0.1, -0.05) is 17.7 Å². The van der Waals surface area contributed by atoms with Crippen LogP contribution < -0.4 is 4.72 Å². The number of hydrogen-bond donors (Lipinski definition) is 1. The SMILES string of the molecule is COC(=O)c1cccc(Cl)c1NS(=O)(=O)c1nc2nccc(C)n2n1. The molecule has 25 heavy (non-hydrogen) atoms. The monoisotopic (exact) mass is 381 g/mol. The molecule has 0 aliphatic carbocycles. The third-order valence-electron chi connectivity index (χ3n) is 3.31. The number of nitrogens with one attached hydrogen (secondary N) is 1. The first-order chi connectivity index (χ1) is 11.8. The Hall–Kier alpha value is -2.72. The number of anilines is 1. The molecule has 0 aliphatic heterocycles. The maximum absolute atomic E-state index is 12.6. The maximum Gasteiger partial charge on any atom is 0.340 e. The lowest BCUT2D eigenvalue weighted by molar-refractivity contribution is 0.0602. The number of hydrogen-bond acceptors (Lipinski definition) is 7. The molecule has 0 spiro atoms. The molecular formula is C14H12ClN5O4S. The molecule has 2 heterocycles. The van der Waals surface area contributed by atoms with Crippen LogP contribution >= 0.6 is 11.6 Å². The van der Waals surface area contributed by atoms with Crippen LogP contribution in [0.4, 0.5) is 5.69 Å². The summed E-state index contributed by atoms with van der Waals surface area (Å²) < 4.78 is 33.4. The number of carbonyl (C=O) groups is 1. The van der Waals surface area contributed by atoms with Crippen molar-refractivity contribution in [2.24, 2.45) is 0 Å². The summed E-state index contributed by atoms with van der Waals surface area (Å²) in [6, 6.07) is 5.99. The number of benzene rings is 1. The number of sulfonamides is 1. The zero-order chi connectivity index (χ0) is 18.2. The zero-order valence-corrected chi connectivity index (χ0v) is 14.7. The number of carbonyl (C=O) groups excluding carboxylic acids is 1. The van der Waals surface area contributed by atoms with E-state index in [1.54, 1.807) is 13.0 Å². The topological polar surface area (TPSA) is 116 Å². The number of aryl methyl sites for hydroxylation is 1. The third kappa shape index (κ3) is 3.13. The van der Waals surface area contributed by atoms with Gasteiger partial charge in [0.05, 0.1) is 23.4 Å². The van der Waals surface area contributed by atoms with Gasteiger partial charge in [0.25, 0.3) is 21.0 Å². The minimum Gasteiger partial charge on any atom is -0.465 e. The van der Waals surface area contributed by atoms with Gasteiger partial charge in [0.15, 0.2) is 0 Å². The molecule has 0 unspecified atom stereocenters. The van der Waals surface area contributed by atoms with Gasteiger partial charge in [-0.15, -0.1) is 5.10 Å². The van der Waals surface area contributed by atoms with E-state index in [0.717, 1.165) is 0 Å². The van der Waals surface area contributed by atoms with Crippen LogP contribution in [-0.2, 0) is 14.8 Å². The number of ether oxygens (including phenoxy) is 1. The molecule has 2 aromatic heterocycles. The summed E-state index contributed by atoms with van der Waals surface area (Å²) in [5.41, 5.74) is 0.517. The maximum atomic E-state index is 12.6. The van der Waals surface area contributed by atoms with Crippen molar-refractivity contribution < 1.29 is 17.9 Å². The van der Waals surface area contributed by atoms with Gasteiger partial charge < -0.3 is 4.74 Å². The first-order valence-corrected chi connectivity index (χ1v) is 8.77. The molecule has 11 heteroatoms. The molecule has 0 bridgehead atoms. The molecule has 3 aromatic rings. The molecule has 0 radical (unpaired) electrons. The van der Waals surface area contributed by atoms with Gasteiger partial charge in [0, 0.05) is 11.9 Å². The van der Waals surface area contributed by atoms with E-state index in [2.05, 4.69) is 24.5 Å². The number of nitrogens with zero attached hydrogens (tertiary/aromatic N) is 4. The van der Waals surface area contributed by atoms with Gasteiger partial charge in [0.2, 0.25) is 0 Å². The standard InChI is InChI=1S/C14H12ClN5O4S/c1-8-6-7-16-13-17-14(18-20(8)13)25(22,23)19-11-9(12(21)24-2)4-3-5-10(11)15/h3-7,19H,1-2H3. The van der Waals surface area contributed by atoms with Crippen molar-refractivity contribution in [3.8, 4) is 0 Å². The molecule has 0 atom stereocenters. The van der Waals surface area contributed by atoms with Crippen LogP contribution in [0.1, 0.15) is 16.1 Å². The smallest absolute Gasteiger partial charge is 0.340 e.